The maximum absolute atomic E-state index is 12.1. The number of guanidine groups is 1. The third kappa shape index (κ3) is 1.75. The molecule has 1 amide bonds. The Morgan fingerprint density at radius 2 is 2.19 bits per heavy atom. The smallest absolute Gasteiger partial charge is 0.352 e. The number of likely N-dealkylation sites (tertiary alicyclic amines) is 1. The number of piperidine rings is 1. The van der Waals surface area contributed by atoms with Crippen LogP contribution in [0.3, 0.4) is 0 Å². The van der Waals surface area contributed by atoms with Crippen LogP contribution in [0.2, 0.25) is 0 Å². The first-order valence-corrected chi connectivity index (χ1v) is 6.91. The van der Waals surface area contributed by atoms with Gasteiger partial charge in [-0.1, -0.05) is 0 Å². The molecule has 0 bridgehead atoms. The van der Waals surface area contributed by atoms with E-state index in [0.29, 0.717) is 18.5 Å². The van der Waals surface area contributed by atoms with Crippen LogP contribution in [0.25, 0.3) is 0 Å². The molecule has 8 nitrogen and oxygen atoms in total. The SMILES string of the molecule is C[C@@H](O)[C@H]1C(=O)N2C(C(=O)O)=C3CN(C(=N)N)CC[C@@H]3[C@H]12. The highest BCUT2D eigenvalue weighted by atomic mass is 16.4. The van der Waals surface area contributed by atoms with Crippen LogP contribution in [0.15, 0.2) is 11.3 Å². The first kappa shape index (κ1) is 13.9. The summed E-state index contributed by atoms with van der Waals surface area (Å²) in [6.45, 7) is 2.37. The molecule has 0 aromatic heterocycles. The Morgan fingerprint density at radius 1 is 1.52 bits per heavy atom. The van der Waals surface area contributed by atoms with Gasteiger partial charge in [-0.15, -0.1) is 0 Å². The summed E-state index contributed by atoms with van der Waals surface area (Å²) in [4.78, 5) is 26.6. The van der Waals surface area contributed by atoms with Gasteiger partial charge in [0.1, 0.15) is 5.70 Å². The fourth-order valence-electron chi connectivity index (χ4n) is 3.81. The molecule has 0 spiro atoms. The number of β-lactam (4-membered cyclic amide) rings is 1. The zero-order valence-corrected chi connectivity index (χ0v) is 11.6. The van der Waals surface area contributed by atoms with E-state index in [1.165, 1.54) is 4.90 Å². The molecule has 0 aromatic carbocycles. The van der Waals surface area contributed by atoms with Gasteiger partial charge in [0, 0.05) is 19.0 Å². The molecular formula is C13H18N4O4. The average molecular weight is 294 g/mol. The number of rotatable bonds is 2. The number of amides is 1. The van der Waals surface area contributed by atoms with Crippen molar-refractivity contribution in [3.8, 4) is 0 Å². The fourth-order valence-corrected chi connectivity index (χ4v) is 3.81. The van der Waals surface area contributed by atoms with Crippen molar-refractivity contribution in [2.24, 2.45) is 17.6 Å². The van der Waals surface area contributed by atoms with Crippen LogP contribution in [0.5, 0.6) is 0 Å². The number of aliphatic hydroxyl groups excluding tert-OH is 1. The van der Waals surface area contributed by atoms with Gasteiger partial charge < -0.3 is 25.7 Å². The summed E-state index contributed by atoms with van der Waals surface area (Å²) < 4.78 is 0. The lowest BCUT2D eigenvalue weighted by Gasteiger charge is -2.47. The van der Waals surface area contributed by atoms with Crippen molar-refractivity contribution in [1.82, 2.24) is 9.80 Å². The van der Waals surface area contributed by atoms with Crippen molar-refractivity contribution < 1.29 is 19.8 Å². The van der Waals surface area contributed by atoms with Crippen molar-refractivity contribution in [2.75, 3.05) is 13.1 Å². The minimum absolute atomic E-state index is 0.0119. The molecule has 0 saturated carbocycles. The number of aliphatic hydroxyl groups is 1. The highest BCUT2D eigenvalue weighted by Crippen LogP contribution is 2.49. The van der Waals surface area contributed by atoms with E-state index in [1.54, 1.807) is 11.8 Å². The predicted octanol–water partition coefficient (Wildman–Crippen LogP) is -1.24. The number of aliphatic carboxylic acids is 1. The average Bonchev–Trinajstić information content (AvgIpc) is 2.68. The summed E-state index contributed by atoms with van der Waals surface area (Å²) in [7, 11) is 0. The summed E-state index contributed by atoms with van der Waals surface area (Å²) in [5.74, 6) is -2.17. The van der Waals surface area contributed by atoms with Crippen LogP contribution >= 0.6 is 0 Å². The Kier molecular flexibility index (Phi) is 2.94. The fraction of sp³-hybridized carbons (Fsp3) is 0.615. The topological polar surface area (TPSA) is 131 Å². The zero-order chi connectivity index (χ0) is 15.5. The number of nitrogens with one attached hydrogen (secondary N) is 1. The Hall–Kier alpha value is -2.09. The van der Waals surface area contributed by atoms with E-state index in [2.05, 4.69) is 0 Å². The van der Waals surface area contributed by atoms with Gasteiger partial charge in [0.15, 0.2) is 5.96 Å². The van der Waals surface area contributed by atoms with Gasteiger partial charge in [0.2, 0.25) is 5.91 Å². The van der Waals surface area contributed by atoms with Crippen molar-refractivity contribution in [2.45, 2.75) is 25.5 Å². The molecule has 0 aromatic rings. The van der Waals surface area contributed by atoms with E-state index in [0.717, 1.165) is 0 Å². The number of nitrogens with two attached hydrogens (primary N) is 1. The number of carbonyl (C=O) groups excluding carboxylic acids is 1. The van der Waals surface area contributed by atoms with Gasteiger partial charge in [0.05, 0.1) is 18.1 Å². The summed E-state index contributed by atoms with van der Waals surface area (Å²) in [5.41, 5.74) is 6.13. The molecule has 5 N–H and O–H groups in total. The van der Waals surface area contributed by atoms with E-state index in [4.69, 9.17) is 11.1 Å². The maximum atomic E-state index is 12.1. The third-order valence-electron chi connectivity index (χ3n) is 4.73. The molecule has 3 rings (SSSR count). The monoisotopic (exact) mass is 294 g/mol. The number of hydrogen-bond donors (Lipinski definition) is 4. The summed E-state index contributed by atoms with van der Waals surface area (Å²) >= 11 is 0. The highest BCUT2D eigenvalue weighted by molar-refractivity contribution is 6.00. The molecular weight excluding hydrogens is 276 g/mol. The van der Waals surface area contributed by atoms with Gasteiger partial charge in [0.25, 0.3) is 0 Å². The number of carboxylic acid groups (broad SMARTS) is 1. The molecule has 3 aliphatic heterocycles. The van der Waals surface area contributed by atoms with Crippen LogP contribution in [0, 0.1) is 17.2 Å². The minimum atomic E-state index is -1.14. The first-order chi connectivity index (χ1) is 9.84. The van der Waals surface area contributed by atoms with Crippen molar-refractivity contribution >= 4 is 17.8 Å². The van der Waals surface area contributed by atoms with E-state index < -0.39 is 18.0 Å². The molecule has 3 heterocycles. The molecule has 21 heavy (non-hydrogen) atoms. The Balaban J connectivity index is 1.98. The molecule has 114 valence electrons. The Labute approximate surface area is 121 Å². The van der Waals surface area contributed by atoms with Gasteiger partial charge in [-0.3, -0.25) is 10.2 Å². The summed E-state index contributed by atoms with van der Waals surface area (Å²) in [6.07, 6.45) is -0.164. The van der Waals surface area contributed by atoms with Crippen LogP contribution in [-0.4, -0.2) is 63.1 Å². The molecule has 8 heteroatoms. The third-order valence-corrected chi connectivity index (χ3v) is 4.73. The second-order valence-electron chi connectivity index (χ2n) is 5.85. The standard InChI is InChI=1S/C13H18N4O4/c1-5(18)8-9-6-2-3-16(13(14)15)4-7(6)10(12(20)21)17(9)11(8)19/h5-6,8-9,18H,2-4H2,1H3,(H3,14,15)(H,20,21)/t5-,6+,8-,9-/m1/s1. The number of carboxylic acids is 1. The maximum Gasteiger partial charge on any atom is 0.352 e. The number of nitrogens with zero attached hydrogens (tertiary/aromatic N) is 2. The number of carbonyl (C=O) groups is 2. The van der Waals surface area contributed by atoms with Crippen LogP contribution in [0.4, 0.5) is 0 Å². The second-order valence-corrected chi connectivity index (χ2v) is 5.85. The number of hydrogen-bond acceptors (Lipinski definition) is 4. The lowest BCUT2D eigenvalue weighted by molar-refractivity contribution is -0.163. The second kappa shape index (κ2) is 4.45. The van der Waals surface area contributed by atoms with Gasteiger partial charge >= 0.3 is 5.97 Å². The van der Waals surface area contributed by atoms with Crippen molar-refractivity contribution in [3.05, 3.63) is 11.3 Å². The van der Waals surface area contributed by atoms with E-state index in [-0.39, 0.29) is 36.1 Å². The predicted molar refractivity (Wildman–Crippen MR) is 72.1 cm³/mol. The lowest BCUT2D eigenvalue weighted by atomic mass is 9.74. The molecule has 2 saturated heterocycles. The quantitative estimate of drug-likeness (QED) is 0.286. The zero-order valence-electron chi connectivity index (χ0n) is 11.6. The normalized spacial score (nSPS) is 32.5. The van der Waals surface area contributed by atoms with Gasteiger partial charge in [-0.2, -0.15) is 0 Å². The Morgan fingerprint density at radius 3 is 2.71 bits per heavy atom. The van der Waals surface area contributed by atoms with Gasteiger partial charge in [-0.05, 0) is 18.9 Å². The molecule has 3 aliphatic rings. The van der Waals surface area contributed by atoms with E-state index in [1.807, 2.05) is 0 Å². The van der Waals surface area contributed by atoms with Crippen LogP contribution < -0.4 is 5.73 Å². The van der Waals surface area contributed by atoms with Crippen LogP contribution in [0.1, 0.15) is 13.3 Å². The molecule has 4 atom stereocenters. The van der Waals surface area contributed by atoms with Crippen molar-refractivity contribution in [1.29, 1.82) is 5.41 Å². The largest absolute Gasteiger partial charge is 0.477 e. The number of fused-ring (bicyclic) bond motifs is 3. The minimum Gasteiger partial charge on any atom is -0.477 e. The Bertz CT molecular complexity index is 571. The summed E-state index contributed by atoms with van der Waals surface area (Å²) in [6, 6.07) is -0.271. The molecule has 0 aliphatic carbocycles. The van der Waals surface area contributed by atoms with Gasteiger partial charge in [-0.25, -0.2) is 4.79 Å². The van der Waals surface area contributed by atoms with E-state index in [9.17, 15) is 19.8 Å². The molecule has 0 unspecified atom stereocenters. The first-order valence-electron chi connectivity index (χ1n) is 6.91. The van der Waals surface area contributed by atoms with Crippen LogP contribution in [-0.2, 0) is 9.59 Å². The lowest BCUT2D eigenvalue weighted by Crippen LogP contribution is -2.64. The summed E-state index contributed by atoms with van der Waals surface area (Å²) in [5, 5.41) is 26.7. The molecule has 0 radical (unpaired) electrons. The molecule has 2 fully saturated rings. The highest BCUT2D eigenvalue weighted by Gasteiger charge is 2.61. The van der Waals surface area contributed by atoms with Crippen molar-refractivity contribution in [3.63, 3.8) is 0 Å². The van der Waals surface area contributed by atoms with E-state index >= 15 is 0 Å².